The first-order valence-electron chi connectivity index (χ1n) is 6.55. The fourth-order valence-electron chi connectivity index (χ4n) is 2.17. The number of pyridine rings is 1. The molecule has 1 aliphatic rings. The van der Waals surface area contributed by atoms with Gasteiger partial charge in [0.2, 0.25) is 5.91 Å². The lowest BCUT2D eigenvalue weighted by molar-refractivity contribution is -0.115. The Bertz CT molecular complexity index is 663. The molecule has 2 heterocycles. The molecule has 7 heteroatoms. The zero-order valence-corrected chi connectivity index (χ0v) is 12.3. The molecule has 2 rings (SSSR count). The van der Waals surface area contributed by atoms with E-state index in [-0.39, 0.29) is 11.5 Å². The number of rotatable bonds is 3. The first-order chi connectivity index (χ1) is 10.1. The number of hydrogen-bond acceptors (Lipinski definition) is 5. The number of aryl methyl sites for hydroxylation is 1. The molecule has 6 nitrogen and oxygen atoms in total. The fourth-order valence-corrected chi connectivity index (χ4v) is 3.44. The second-order valence-electron chi connectivity index (χ2n) is 4.68. The monoisotopic (exact) mass is 302 g/mol. The second-order valence-corrected chi connectivity index (χ2v) is 6.03. The van der Waals surface area contributed by atoms with Crippen molar-refractivity contribution in [1.82, 2.24) is 4.57 Å². The number of nitrogens with one attached hydrogen (secondary N) is 1. The molecular formula is C14H14N4O2S. The Kier molecular flexibility index (Phi) is 4.66. The highest BCUT2D eigenvalue weighted by atomic mass is 32.2. The van der Waals surface area contributed by atoms with Crippen molar-refractivity contribution in [3.8, 4) is 12.1 Å². The quantitative estimate of drug-likeness (QED) is 0.908. The van der Waals surface area contributed by atoms with Crippen molar-refractivity contribution in [3.05, 3.63) is 28.7 Å². The lowest BCUT2D eigenvalue weighted by Crippen LogP contribution is -2.25. The number of carbonyl (C=O) groups excluding carboxylic acids is 1. The number of thioether (sulfide) groups is 1. The smallest absolute Gasteiger partial charge is 0.250 e. The van der Waals surface area contributed by atoms with Crippen LogP contribution in [0.3, 0.4) is 0 Å². The van der Waals surface area contributed by atoms with Gasteiger partial charge in [0.1, 0.15) is 5.25 Å². The number of nitriles is 2. The third-order valence-electron chi connectivity index (χ3n) is 3.32. The fraction of sp³-hybridized carbons (Fsp3) is 0.429. The standard InChI is InChI=1S/C14H14N4O2S/c1-2-18-8-10(3-4-13(18)19)17-14(20)11-5-9(6-15)12(7-16)21-11/h3-4,8-9,11-12H,2,5H2,1H3,(H,17,20). The van der Waals surface area contributed by atoms with Gasteiger partial charge in [-0.25, -0.2) is 0 Å². The van der Waals surface area contributed by atoms with E-state index in [4.69, 9.17) is 10.5 Å². The van der Waals surface area contributed by atoms with Crippen LogP contribution >= 0.6 is 11.8 Å². The topological polar surface area (TPSA) is 98.7 Å². The van der Waals surface area contributed by atoms with Gasteiger partial charge in [-0.1, -0.05) is 0 Å². The van der Waals surface area contributed by atoms with E-state index in [1.807, 2.05) is 6.92 Å². The van der Waals surface area contributed by atoms with Crippen molar-refractivity contribution in [2.24, 2.45) is 5.92 Å². The Morgan fingerprint density at radius 2 is 2.24 bits per heavy atom. The zero-order chi connectivity index (χ0) is 15.4. The molecule has 1 aromatic rings. The Balaban J connectivity index is 2.08. The molecule has 3 atom stereocenters. The largest absolute Gasteiger partial charge is 0.324 e. The summed E-state index contributed by atoms with van der Waals surface area (Å²) in [6.45, 7) is 2.36. The third kappa shape index (κ3) is 3.26. The van der Waals surface area contributed by atoms with Gasteiger partial charge in [-0.3, -0.25) is 9.59 Å². The maximum absolute atomic E-state index is 12.2. The molecule has 0 radical (unpaired) electrons. The van der Waals surface area contributed by atoms with Gasteiger partial charge >= 0.3 is 0 Å². The molecule has 1 aromatic heterocycles. The van der Waals surface area contributed by atoms with Crippen LogP contribution in [0.4, 0.5) is 5.69 Å². The first kappa shape index (κ1) is 15.1. The van der Waals surface area contributed by atoms with Gasteiger partial charge in [0.25, 0.3) is 5.56 Å². The predicted molar refractivity (Wildman–Crippen MR) is 79.5 cm³/mol. The highest BCUT2D eigenvalue weighted by molar-refractivity contribution is 8.01. The van der Waals surface area contributed by atoms with Gasteiger partial charge in [0.05, 0.1) is 29.0 Å². The summed E-state index contributed by atoms with van der Waals surface area (Å²) in [6.07, 6.45) is 1.96. The molecule has 1 fully saturated rings. The third-order valence-corrected chi connectivity index (χ3v) is 4.78. The molecule has 108 valence electrons. The maximum Gasteiger partial charge on any atom is 0.250 e. The van der Waals surface area contributed by atoms with Crippen molar-refractivity contribution in [2.45, 2.75) is 30.4 Å². The van der Waals surface area contributed by atoms with Gasteiger partial charge in [0.15, 0.2) is 0 Å². The van der Waals surface area contributed by atoms with Crippen LogP contribution in [0.1, 0.15) is 13.3 Å². The van der Waals surface area contributed by atoms with Gasteiger partial charge < -0.3 is 9.88 Å². The van der Waals surface area contributed by atoms with Gasteiger partial charge in [0, 0.05) is 18.8 Å². The molecule has 0 spiro atoms. The van der Waals surface area contributed by atoms with Crippen LogP contribution in [-0.2, 0) is 11.3 Å². The van der Waals surface area contributed by atoms with Gasteiger partial charge in [-0.15, -0.1) is 11.8 Å². The minimum absolute atomic E-state index is 0.125. The van der Waals surface area contributed by atoms with Crippen LogP contribution in [0.25, 0.3) is 0 Å². The Morgan fingerprint density at radius 1 is 1.48 bits per heavy atom. The lowest BCUT2D eigenvalue weighted by atomic mass is 10.0. The first-order valence-corrected chi connectivity index (χ1v) is 7.49. The summed E-state index contributed by atoms with van der Waals surface area (Å²) in [7, 11) is 0. The summed E-state index contributed by atoms with van der Waals surface area (Å²) in [4.78, 5) is 23.7. The number of amides is 1. The molecule has 21 heavy (non-hydrogen) atoms. The molecule has 0 saturated carbocycles. The average molecular weight is 302 g/mol. The molecule has 0 bridgehead atoms. The number of anilines is 1. The van der Waals surface area contributed by atoms with E-state index >= 15 is 0 Å². The van der Waals surface area contributed by atoms with Crippen LogP contribution in [-0.4, -0.2) is 21.0 Å². The maximum atomic E-state index is 12.2. The summed E-state index contributed by atoms with van der Waals surface area (Å²) in [6, 6.07) is 7.08. The van der Waals surface area contributed by atoms with E-state index < -0.39 is 16.4 Å². The van der Waals surface area contributed by atoms with E-state index in [0.717, 1.165) is 0 Å². The van der Waals surface area contributed by atoms with E-state index in [0.29, 0.717) is 18.7 Å². The highest BCUT2D eigenvalue weighted by Crippen LogP contribution is 2.38. The van der Waals surface area contributed by atoms with Crippen LogP contribution in [0.5, 0.6) is 0 Å². The van der Waals surface area contributed by atoms with Gasteiger partial charge in [-0.05, 0) is 19.4 Å². The minimum Gasteiger partial charge on any atom is -0.324 e. The Morgan fingerprint density at radius 3 is 2.81 bits per heavy atom. The summed E-state index contributed by atoms with van der Waals surface area (Å²) in [5.74, 6) is -0.653. The molecule has 3 unspecified atom stereocenters. The van der Waals surface area contributed by atoms with Crippen molar-refractivity contribution in [1.29, 1.82) is 10.5 Å². The van der Waals surface area contributed by atoms with Crippen molar-refractivity contribution < 1.29 is 4.79 Å². The molecule has 1 saturated heterocycles. The van der Waals surface area contributed by atoms with Crippen molar-refractivity contribution >= 4 is 23.4 Å². The molecule has 1 N–H and O–H groups in total. The van der Waals surface area contributed by atoms with Crippen molar-refractivity contribution in [2.75, 3.05) is 5.32 Å². The minimum atomic E-state index is -0.463. The lowest BCUT2D eigenvalue weighted by Gasteiger charge is -2.11. The summed E-state index contributed by atoms with van der Waals surface area (Å²) >= 11 is 1.22. The molecule has 0 aromatic carbocycles. The summed E-state index contributed by atoms with van der Waals surface area (Å²) < 4.78 is 1.49. The van der Waals surface area contributed by atoms with E-state index in [1.165, 1.54) is 22.4 Å². The SMILES string of the molecule is CCn1cc(NC(=O)C2CC(C#N)C(C#N)S2)ccc1=O. The molecule has 1 amide bonds. The predicted octanol–water partition coefficient (Wildman–Crippen LogP) is 1.34. The molecular weight excluding hydrogens is 288 g/mol. The number of carbonyl (C=O) groups is 1. The number of hydrogen-bond donors (Lipinski definition) is 1. The number of nitrogens with zero attached hydrogens (tertiary/aromatic N) is 3. The van der Waals surface area contributed by atoms with E-state index in [9.17, 15) is 9.59 Å². The number of aromatic nitrogens is 1. The van der Waals surface area contributed by atoms with Crippen LogP contribution in [0.2, 0.25) is 0 Å². The van der Waals surface area contributed by atoms with Crippen LogP contribution < -0.4 is 10.9 Å². The van der Waals surface area contributed by atoms with E-state index in [2.05, 4.69) is 17.5 Å². The average Bonchev–Trinajstić information content (AvgIpc) is 2.92. The Hall–Kier alpha value is -2.25. The van der Waals surface area contributed by atoms with Crippen molar-refractivity contribution in [3.63, 3.8) is 0 Å². The normalized spacial score (nSPS) is 24.0. The second kappa shape index (κ2) is 6.47. The summed E-state index contributed by atoms with van der Waals surface area (Å²) in [5.41, 5.74) is 0.413. The molecule has 1 aliphatic heterocycles. The summed E-state index contributed by atoms with van der Waals surface area (Å²) in [5, 5.41) is 19.8. The van der Waals surface area contributed by atoms with Gasteiger partial charge in [-0.2, -0.15) is 10.5 Å². The highest BCUT2D eigenvalue weighted by Gasteiger charge is 2.39. The van der Waals surface area contributed by atoms with Crippen LogP contribution in [0, 0.1) is 28.6 Å². The van der Waals surface area contributed by atoms with Crippen LogP contribution in [0.15, 0.2) is 23.1 Å². The Labute approximate surface area is 126 Å². The molecule has 0 aliphatic carbocycles. The zero-order valence-electron chi connectivity index (χ0n) is 11.4. The van der Waals surface area contributed by atoms with E-state index in [1.54, 1.807) is 12.3 Å².